The summed E-state index contributed by atoms with van der Waals surface area (Å²) in [6.07, 6.45) is 0. The Morgan fingerprint density at radius 2 is 1.95 bits per heavy atom. The first-order valence-corrected chi connectivity index (χ1v) is 7.86. The van der Waals surface area contributed by atoms with E-state index >= 15 is 0 Å². The van der Waals surface area contributed by atoms with E-state index in [1.54, 1.807) is 29.8 Å². The molecule has 1 heterocycles. The van der Waals surface area contributed by atoms with Gasteiger partial charge in [0, 0.05) is 16.6 Å². The number of hydrogen-bond acceptors (Lipinski definition) is 3. The number of thioether (sulfide) groups is 1. The molecule has 3 rings (SSSR count). The molecule has 0 spiro atoms. The molecule has 0 aliphatic carbocycles. The first-order chi connectivity index (χ1) is 10.5. The Morgan fingerprint density at radius 3 is 2.73 bits per heavy atom. The van der Waals surface area contributed by atoms with Crippen LogP contribution < -0.4 is 15.0 Å². The summed E-state index contributed by atoms with van der Waals surface area (Å²) in [6, 6.07) is 15.2. The molecule has 0 saturated heterocycles. The summed E-state index contributed by atoms with van der Waals surface area (Å²) >= 11 is 1.69. The van der Waals surface area contributed by atoms with Crippen molar-refractivity contribution in [2.24, 2.45) is 0 Å². The number of hydrogen-bond donors (Lipinski definition) is 1. The number of carbonyl (C=O) groups excluding carboxylic acids is 1. The van der Waals surface area contributed by atoms with Crippen molar-refractivity contribution in [1.29, 1.82) is 0 Å². The quantitative estimate of drug-likeness (QED) is 0.882. The molecule has 0 bridgehead atoms. The van der Waals surface area contributed by atoms with Gasteiger partial charge in [0.15, 0.2) is 0 Å². The second-order valence-electron chi connectivity index (χ2n) is 5.51. The molecule has 0 aromatic heterocycles. The van der Waals surface area contributed by atoms with Crippen molar-refractivity contribution >= 4 is 29.2 Å². The number of para-hydroxylation sites is 1. The molecular formula is C17H18N2O2S. The van der Waals surface area contributed by atoms with Crippen molar-refractivity contribution in [2.75, 3.05) is 17.3 Å². The smallest absolute Gasteiger partial charge is 0.327 e. The molecule has 2 aromatic rings. The van der Waals surface area contributed by atoms with Crippen LogP contribution >= 0.6 is 11.8 Å². The van der Waals surface area contributed by atoms with Crippen LogP contribution in [0.5, 0.6) is 5.75 Å². The van der Waals surface area contributed by atoms with Gasteiger partial charge in [-0.25, -0.2) is 4.79 Å². The maximum absolute atomic E-state index is 12.8. The van der Waals surface area contributed by atoms with E-state index in [4.69, 9.17) is 4.74 Å². The monoisotopic (exact) mass is 314 g/mol. The SMILES string of the molecule is COc1cccc(NC(=O)N2c3ccccc3SC2(C)C)c1. The predicted molar refractivity (Wildman–Crippen MR) is 90.9 cm³/mol. The van der Waals surface area contributed by atoms with Gasteiger partial charge in [-0.15, -0.1) is 0 Å². The lowest BCUT2D eigenvalue weighted by molar-refractivity contribution is 0.255. The number of fused-ring (bicyclic) bond motifs is 1. The first-order valence-electron chi connectivity index (χ1n) is 7.04. The van der Waals surface area contributed by atoms with Gasteiger partial charge in [0.1, 0.15) is 5.75 Å². The Balaban J connectivity index is 1.88. The maximum Gasteiger partial charge on any atom is 0.327 e. The minimum absolute atomic E-state index is 0.143. The van der Waals surface area contributed by atoms with Gasteiger partial charge in [-0.2, -0.15) is 0 Å². The van der Waals surface area contributed by atoms with Crippen LogP contribution in [0.1, 0.15) is 13.8 Å². The Morgan fingerprint density at radius 1 is 1.18 bits per heavy atom. The molecule has 114 valence electrons. The summed E-state index contributed by atoms with van der Waals surface area (Å²) in [5, 5.41) is 2.95. The molecule has 0 radical (unpaired) electrons. The number of methoxy groups -OCH3 is 1. The molecule has 5 heteroatoms. The fraction of sp³-hybridized carbons (Fsp3) is 0.235. The highest BCUT2D eigenvalue weighted by molar-refractivity contribution is 8.01. The van der Waals surface area contributed by atoms with Gasteiger partial charge in [0.05, 0.1) is 17.7 Å². The number of urea groups is 1. The van der Waals surface area contributed by atoms with E-state index in [0.29, 0.717) is 5.75 Å². The minimum Gasteiger partial charge on any atom is -0.497 e. The molecule has 0 saturated carbocycles. The van der Waals surface area contributed by atoms with Gasteiger partial charge >= 0.3 is 6.03 Å². The summed E-state index contributed by atoms with van der Waals surface area (Å²) in [5.41, 5.74) is 1.66. The molecule has 0 atom stereocenters. The number of rotatable bonds is 2. The van der Waals surface area contributed by atoms with Crippen LogP contribution in [0.25, 0.3) is 0 Å². The minimum atomic E-state index is -0.327. The van der Waals surface area contributed by atoms with Crippen LogP contribution in [0.4, 0.5) is 16.2 Å². The lowest BCUT2D eigenvalue weighted by Crippen LogP contribution is -2.45. The maximum atomic E-state index is 12.8. The molecule has 1 aliphatic rings. The van der Waals surface area contributed by atoms with Gasteiger partial charge in [-0.1, -0.05) is 30.0 Å². The van der Waals surface area contributed by atoms with E-state index in [-0.39, 0.29) is 10.9 Å². The van der Waals surface area contributed by atoms with Gasteiger partial charge in [0.2, 0.25) is 0 Å². The number of benzene rings is 2. The third-order valence-electron chi connectivity index (χ3n) is 3.53. The predicted octanol–water partition coefficient (Wildman–Crippen LogP) is 4.58. The highest BCUT2D eigenvalue weighted by atomic mass is 32.2. The Kier molecular flexibility index (Phi) is 3.74. The van der Waals surface area contributed by atoms with Crippen LogP contribution in [-0.2, 0) is 0 Å². The Hall–Kier alpha value is -2.14. The second-order valence-corrected chi connectivity index (χ2v) is 7.16. The van der Waals surface area contributed by atoms with Crippen molar-refractivity contribution in [3.8, 4) is 5.75 Å². The van der Waals surface area contributed by atoms with Crippen molar-refractivity contribution in [2.45, 2.75) is 23.6 Å². The van der Waals surface area contributed by atoms with Gasteiger partial charge in [-0.05, 0) is 38.1 Å². The number of nitrogens with one attached hydrogen (secondary N) is 1. The zero-order valence-corrected chi connectivity index (χ0v) is 13.6. The third kappa shape index (κ3) is 2.64. The van der Waals surface area contributed by atoms with Gasteiger partial charge in [-0.3, -0.25) is 4.90 Å². The average Bonchev–Trinajstić information content (AvgIpc) is 2.77. The highest BCUT2D eigenvalue weighted by Gasteiger charge is 2.40. The number of ether oxygens (including phenoxy) is 1. The van der Waals surface area contributed by atoms with Gasteiger partial charge < -0.3 is 10.1 Å². The molecular weight excluding hydrogens is 296 g/mol. The number of anilines is 2. The molecule has 4 nitrogen and oxygen atoms in total. The largest absolute Gasteiger partial charge is 0.497 e. The van der Waals surface area contributed by atoms with Crippen molar-refractivity contribution in [3.63, 3.8) is 0 Å². The first kappa shape index (κ1) is 14.8. The zero-order chi connectivity index (χ0) is 15.7. The lowest BCUT2D eigenvalue weighted by Gasteiger charge is -2.31. The summed E-state index contributed by atoms with van der Waals surface area (Å²) < 4.78 is 5.19. The van der Waals surface area contributed by atoms with Crippen molar-refractivity contribution in [3.05, 3.63) is 48.5 Å². The van der Waals surface area contributed by atoms with E-state index in [1.807, 2.05) is 56.3 Å². The molecule has 0 fully saturated rings. The van der Waals surface area contributed by atoms with E-state index < -0.39 is 0 Å². The normalized spacial score (nSPS) is 15.3. The second kappa shape index (κ2) is 5.57. The standard InChI is InChI=1S/C17H18N2O2S/c1-17(2)19(14-9-4-5-10-15(14)22-17)16(20)18-12-7-6-8-13(11-12)21-3/h4-11H,1-3H3,(H,18,20). The number of carbonyl (C=O) groups is 1. The summed E-state index contributed by atoms with van der Waals surface area (Å²) in [7, 11) is 1.61. The Bertz CT molecular complexity index is 715. The fourth-order valence-corrected chi connectivity index (χ4v) is 3.79. The molecule has 0 unspecified atom stereocenters. The molecule has 22 heavy (non-hydrogen) atoms. The fourth-order valence-electron chi connectivity index (χ4n) is 2.57. The lowest BCUT2D eigenvalue weighted by atomic mass is 10.2. The number of nitrogens with zero attached hydrogens (tertiary/aromatic N) is 1. The van der Waals surface area contributed by atoms with E-state index in [1.165, 1.54) is 0 Å². The third-order valence-corrected chi connectivity index (χ3v) is 4.78. The zero-order valence-electron chi connectivity index (χ0n) is 12.8. The van der Waals surface area contributed by atoms with Gasteiger partial charge in [0.25, 0.3) is 0 Å². The van der Waals surface area contributed by atoms with Crippen molar-refractivity contribution in [1.82, 2.24) is 0 Å². The molecule has 1 N–H and O–H groups in total. The number of amides is 2. The Labute approximate surface area is 134 Å². The molecule has 1 aliphatic heterocycles. The summed E-state index contributed by atoms with van der Waals surface area (Å²) in [4.78, 5) is 15.3. The van der Waals surface area contributed by atoms with E-state index in [0.717, 1.165) is 16.3 Å². The molecule has 2 amide bonds. The van der Waals surface area contributed by atoms with E-state index in [9.17, 15) is 4.79 Å². The topological polar surface area (TPSA) is 41.6 Å². The van der Waals surface area contributed by atoms with E-state index in [2.05, 4.69) is 5.32 Å². The average molecular weight is 314 g/mol. The summed E-state index contributed by atoms with van der Waals surface area (Å²) in [5.74, 6) is 0.716. The van der Waals surface area contributed by atoms with Crippen molar-refractivity contribution < 1.29 is 9.53 Å². The van der Waals surface area contributed by atoms with Crippen LogP contribution in [0, 0.1) is 0 Å². The van der Waals surface area contributed by atoms with Crippen LogP contribution in [0.3, 0.4) is 0 Å². The molecule has 2 aromatic carbocycles. The van der Waals surface area contributed by atoms with Crippen LogP contribution in [-0.4, -0.2) is 18.0 Å². The summed E-state index contributed by atoms with van der Waals surface area (Å²) in [6.45, 7) is 4.09. The van der Waals surface area contributed by atoms with Crippen LogP contribution in [0.15, 0.2) is 53.4 Å². The van der Waals surface area contributed by atoms with Crippen LogP contribution in [0.2, 0.25) is 0 Å². The highest BCUT2D eigenvalue weighted by Crippen LogP contribution is 2.49.